The second-order valence-corrected chi connectivity index (χ2v) is 6.92. The molecule has 1 aliphatic rings. The van der Waals surface area contributed by atoms with Gasteiger partial charge in [0.1, 0.15) is 10.7 Å². The summed E-state index contributed by atoms with van der Waals surface area (Å²) in [6.45, 7) is 1.89. The normalized spacial score (nSPS) is 13.5. The molecular formula is C15H16N8OS. The first-order chi connectivity index (χ1) is 11.9. The van der Waals surface area contributed by atoms with Gasteiger partial charge in [-0.15, -0.1) is 11.3 Å². The molecule has 0 unspecified atom stereocenters. The Kier molecular flexibility index (Phi) is 3.42. The molecule has 0 aliphatic carbocycles. The number of thiazole rings is 1. The highest BCUT2D eigenvalue weighted by Crippen LogP contribution is 2.40. The molecule has 0 saturated heterocycles. The number of nitrogens with zero attached hydrogens (tertiary/aromatic N) is 7. The molecule has 10 heteroatoms. The average Bonchev–Trinajstić information content (AvgIpc) is 3.16. The Hall–Kier alpha value is -3.01. The van der Waals surface area contributed by atoms with Crippen molar-refractivity contribution in [3.05, 3.63) is 29.3 Å². The molecule has 4 rings (SSSR count). The number of hydrogen-bond acceptors (Lipinski definition) is 8. The molecule has 3 aromatic heterocycles. The largest absolute Gasteiger partial charge is 0.321 e. The standard InChI is InChI=1S/C15H16N8OS/c1-8-18-11-13(24)22(3)10-6-16-15(19-9-5-17-21(2)7-9)20-12(10)23(4)14(11)25-8/h5-7H,1-4H3,(H,16,19,20). The van der Waals surface area contributed by atoms with Gasteiger partial charge in [-0.3, -0.25) is 9.48 Å². The maximum atomic E-state index is 12.7. The number of nitrogens with one attached hydrogen (secondary N) is 1. The molecule has 128 valence electrons. The number of rotatable bonds is 2. The maximum Gasteiger partial charge on any atom is 0.279 e. The van der Waals surface area contributed by atoms with E-state index in [9.17, 15) is 4.79 Å². The first kappa shape index (κ1) is 15.5. The predicted octanol–water partition coefficient (Wildman–Crippen LogP) is 2.08. The Morgan fingerprint density at radius 3 is 2.64 bits per heavy atom. The van der Waals surface area contributed by atoms with Gasteiger partial charge in [-0.05, 0) is 6.92 Å². The minimum absolute atomic E-state index is 0.165. The highest BCUT2D eigenvalue weighted by Gasteiger charge is 2.32. The first-order valence-corrected chi connectivity index (χ1v) is 8.37. The summed E-state index contributed by atoms with van der Waals surface area (Å²) in [6, 6.07) is 0. The van der Waals surface area contributed by atoms with Gasteiger partial charge in [-0.1, -0.05) is 0 Å². The lowest BCUT2D eigenvalue weighted by atomic mass is 10.4. The van der Waals surface area contributed by atoms with Crippen molar-refractivity contribution in [2.24, 2.45) is 7.05 Å². The summed E-state index contributed by atoms with van der Waals surface area (Å²) in [5, 5.41) is 8.85. The number of hydrogen-bond donors (Lipinski definition) is 1. The van der Waals surface area contributed by atoms with Gasteiger partial charge in [0.2, 0.25) is 5.95 Å². The van der Waals surface area contributed by atoms with E-state index in [4.69, 9.17) is 0 Å². The zero-order chi connectivity index (χ0) is 17.7. The number of anilines is 5. The van der Waals surface area contributed by atoms with Crippen molar-refractivity contribution < 1.29 is 4.79 Å². The van der Waals surface area contributed by atoms with Crippen molar-refractivity contribution in [2.75, 3.05) is 29.2 Å². The number of aromatic nitrogens is 5. The second kappa shape index (κ2) is 5.52. The van der Waals surface area contributed by atoms with Gasteiger partial charge in [0.15, 0.2) is 11.5 Å². The number of carbonyl (C=O) groups is 1. The predicted molar refractivity (Wildman–Crippen MR) is 96.2 cm³/mol. The molecule has 4 heterocycles. The molecule has 1 amide bonds. The van der Waals surface area contributed by atoms with Crippen molar-refractivity contribution in [3.8, 4) is 0 Å². The quantitative estimate of drug-likeness (QED) is 0.751. The molecule has 0 atom stereocenters. The van der Waals surface area contributed by atoms with Crippen LogP contribution in [0.3, 0.4) is 0 Å². The Morgan fingerprint density at radius 2 is 1.92 bits per heavy atom. The molecule has 3 aromatic rings. The van der Waals surface area contributed by atoms with E-state index in [0.29, 0.717) is 23.1 Å². The Bertz CT molecular complexity index is 978. The van der Waals surface area contributed by atoms with Gasteiger partial charge in [-0.25, -0.2) is 9.97 Å². The molecule has 0 bridgehead atoms. The van der Waals surface area contributed by atoms with E-state index >= 15 is 0 Å². The Morgan fingerprint density at radius 1 is 1.12 bits per heavy atom. The van der Waals surface area contributed by atoms with Crippen LogP contribution in [0.4, 0.5) is 28.1 Å². The van der Waals surface area contributed by atoms with Crippen LogP contribution in [-0.2, 0) is 7.05 Å². The second-order valence-electron chi connectivity index (χ2n) is 5.74. The molecule has 0 radical (unpaired) electrons. The molecule has 0 aromatic carbocycles. The zero-order valence-electron chi connectivity index (χ0n) is 14.2. The third-order valence-electron chi connectivity index (χ3n) is 3.92. The van der Waals surface area contributed by atoms with Gasteiger partial charge in [-0.2, -0.15) is 10.1 Å². The minimum atomic E-state index is -0.165. The fourth-order valence-electron chi connectivity index (χ4n) is 2.67. The number of amides is 1. The van der Waals surface area contributed by atoms with Gasteiger partial charge in [0, 0.05) is 27.3 Å². The maximum absolute atomic E-state index is 12.7. The van der Waals surface area contributed by atoms with Crippen LogP contribution >= 0.6 is 11.3 Å². The monoisotopic (exact) mass is 356 g/mol. The van der Waals surface area contributed by atoms with Crippen LogP contribution in [0, 0.1) is 6.92 Å². The van der Waals surface area contributed by atoms with E-state index in [1.54, 1.807) is 24.1 Å². The molecule has 0 spiro atoms. The molecule has 0 saturated carbocycles. The Labute approximate surface area is 148 Å². The topological polar surface area (TPSA) is 92.1 Å². The SMILES string of the molecule is Cc1nc2c(s1)N(C)c1nc(Nc3cnn(C)c3)ncc1N(C)C2=O. The molecule has 1 aliphatic heterocycles. The summed E-state index contributed by atoms with van der Waals surface area (Å²) < 4.78 is 1.69. The Balaban J connectivity index is 1.79. The fraction of sp³-hybridized carbons (Fsp3) is 0.267. The van der Waals surface area contributed by atoms with Crippen molar-refractivity contribution in [3.63, 3.8) is 0 Å². The third-order valence-corrected chi connectivity index (χ3v) is 4.97. The van der Waals surface area contributed by atoms with Crippen molar-refractivity contribution in [1.82, 2.24) is 24.7 Å². The molecule has 25 heavy (non-hydrogen) atoms. The van der Waals surface area contributed by atoms with E-state index < -0.39 is 0 Å². The summed E-state index contributed by atoms with van der Waals surface area (Å²) in [4.78, 5) is 29.4. The third kappa shape index (κ3) is 2.50. The lowest BCUT2D eigenvalue weighted by molar-refractivity contribution is 0.0990. The van der Waals surface area contributed by atoms with Crippen LogP contribution in [-0.4, -0.2) is 44.7 Å². The van der Waals surface area contributed by atoms with E-state index in [0.717, 1.165) is 15.7 Å². The first-order valence-electron chi connectivity index (χ1n) is 7.56. The summed E-state index contributed by atoms with van der Waals surface area (Å²) in [7, 11) is 5.42. The molecule has 9 nitrogen and oxygen atoms in total. The smallest absolute Gasteiger partial charge is 0.279 e. The lowest BCUT2D eigenvalue weighted by Gasteiger charge is -2.20. The van der Waals surface area contributed by atoms with Gasteiger partial charge >= 0.3 is 0 Å². The van der Waals surface area contributed by atoms with Crippen LogP contribution in [0.5, 0.6) is 0 Å². The van der Waals surface area contributed by atoms with E-state index in [-0.39, 0.29) is 5.91 Å². The van der Waals surface area contributed by atoms with Crippen LogP contribution in [0.2, 0.25) is 0 Å². The van der Waals surface area contributed by atoms with E-state index in [1.165, 1.54) is 16.2 Å². The van der Waals surface area contributed by atoms with Gasteiger partial charge < -0.3 is 15.1 Å². The summed E-state index contributed by atoms with van der Waals surface area (Å²) >= 11 is 1.47. The van der Waals surface area contributed by atoms with Crippen molar-refractivity contribution in [1.29, 1.82) is 0 Å². The van der Waals surface area contributed by atoms with Crippen LogP contribution in [0.25, 0.3) is 0 Å². The highest BCUT2D eigenvalue weighted by atomic mass is 32.1. The summed E-state index contributed by atoms with van der Waals surface area (Å²) in [5.41, 5.74) is 1.86. The van der Waals surface area contributed by atoms with E-state index in [1.807, 2.05) is 32.1 Å². The zero-order valence-corrected chi connectivity index (χ0v) is 15.0. The van der Waals surface area contributed by atoms with Gasteiger partial charge in [0.25, 0.3) is 5.91 Å². The summed E-state index contributed by atoms with van der Waals surface area (Å²) in [5.74, 6) is 0.908. The van der Waals surface area contributed by atoms with Crippen LogP contribution < -0.4 is 15.1 Å². The van der Waals surface area contributed by atoms with Crippen molar-refractivity contribution in [2.45, 2.75) is 6.92 Å². The van der Waals surface area contributed by atoms with Crippen LogP contribution in [0.15, 0.2) is 18.6 Å². The van der Waals surface area contributed by atoms with E-state index in [2.05, 4.69) is 25.4 Å². The van der Waals surface area contributed by atoms with Crippen molar-refractivity contribution >= 4 is 45.4 Å². The minimum Gasteiger partial charge on any atom is -0.321 e. The lowest BCUT2D eigenvalue weighted by Crippen LogP contribution is -2.26. The molecule has 0 fully saturated rings. The molecule has 1 N–H and O–H groups in total. The van der Waals surface area contributed by atoms with Crippen LogP contribution in [0.1, 0.15) is 15.5 Å². The number of aryl methyl sites for hydroxylation is 2. The molecular weight excluding hydrogens is 340 g/mol. The fourth-order valence-corrected chi connectivity index (χ4v) is 3.54. The average molecular weight is 356 g/mol. The summed E-state index contributed by atoms with van der Waals surface area (Å²) in [6.07, 6.45) is 5.16. The number of fused-ring (bicyclic) bond motifs is 2. The number of carbonyl (C=O) groups excluding carboxylic acids is 1. The highest BCUT2D eigenvalue weighted by molar-refractivity contribution is 7.16. The van der Waals surface area contributed by atoms with Gasteiger partial charge in [0.05, 0.1) is 23.1 Å².